The van der Waals surface area contributed by atoms with Gasteiger partial charge in [0.05, 0.1) is 23.9 Å². The molecule has 1 aromatic rings. The number of alkyl halides is 3. The van der Waals surface area contributed by atoms with Gasteiger partial charge in [-0.15, -0.1) is 0 Å². The van der Waals surface area contributed by atoms with E-state index in [0.717, 1.165) is 48.4 Å². The lowest BCUT2D eigenvalue weighted by Crippen LogP contribution is -2.42. The molecule has 262 valence electrons. The van der Waals surface area contributed by atoms with Crippen LogP contribution in [0.25, 0.3) is 0 Å². The number of allylic oxidation sites excluding steroid dienone is 2. The maximum absolute atomic E-state index is 13.4. The van der Waals surface area contributed by atoms with E-state index in [2.05, 4.69) is 47.6 Å². The van der Waals surface area contributed by atoms with Crippen LogP contribution in [0.3, 0.4) is 0 Å². The molecule has 0 aromatic heterocycles. The largest absolute Gasteiger partial charge is 0.491 e. The molecule has 1 fully saturated rings. The van der Waals surface area contributed by atoms with Crippen LogP contribution in [-0.4, -0.2) is 57.7 Å². The van der Waals surface area contributed by atoms with Gasteiger partial charge in [0, 0.05) is 12.3 Å². The van der Waals surface area contributed by atoms with E-state index in [-0.39, 0.29) is 36.7 Å². The minimum atomic E-state index is -4.46. The smallest absolute Gasteiger partial charge is 0.416 e. The molecular formula is C35H57F3O6Si2. The molecule has 0 aliphatic heterocycles. The van der Waals surface area contributed by atoms with E-state index in [1.165, 1.54) is 12.1 Å². The predicted molar refractivity (Wildman–Crippen MR) is 183 cm³/mol. The summed E-state index contributed by atoms with van der Waals surface area (Å²) in [4.78, 5) is 10.9. The number of aliphatic hydroxyl groups excluding tert-OH is 1. The van der Waals surface area contributed by atoms with Gasteiger partial charge < -0.3 is 23.8 Å². The highest BCUT2D eigenvalue weighted by Crippen LogP contribution is 2.41. The summed E-state index contributed by atoms with van der Waals surface area (Å²) in [5.74, 6) is -0.849. The quantitative estimate of drug-likeness (QED) is 0.0761. The Balaban J connectivity index is 2.40. The first-order valence-electron chi connectivity index (χ1n) is 17.2. The Labute approximate surface area is 276 Å². The lowest BCUT2D eigenvalue weighted by atomic mass is 9.89. The van der Waals surface area contributed by atoms with E-state index in [4.69, 9.17) is 18.7 Å². The lowest BCUT2D eigenvalue weighted by Gasteiger charge is -2.35. The van der Waals surface area contributed by atoms with Crippen molar-refractivity contribution in [1.29, 1.82) is 0 Å². The van der Waals surface area contributed by atoms with Crippen molar-refractivity contribution in [2.75, 3.05) is 6.61 Å². The number of hydrogen-bond acceptors (Lipinski definition) is 5. The fourth-order valence-corrected chi connectivity index (χ4v) is 12.2. The number of benzene rings is 1. The van der Waals surface area contributed by atoms with E-state index in [0.29, 0.717) is 25.7 Å². The van der Waals surface area contributed by atoms with Crippen LogP contribution < -0.4 is 4.74 Å². The summed E-state index contributed by atoms with van der Waals surface area (Å²) in [7, 11) is -4.11. The predicted octanol–water partition coefficient (Wildman–Crippen LogP) is 9.62. The number of carboxylic acids is 1. The van der Waals surface area contributed by atoms with Crippen LogP contribution in [0.1, 0.15) is 79.2 Å². The maximum atomic E-state index is 13.4. The Hall–Kier alpha value is -1.93. The first-order chi connectivity index (χ1) is 21.8. The average Bonchev–Trinajstić information content (AvgIpc) is 3.33. The first-order valence-corrected chi connectivity index (χ1v) is 22.3. The number of carboxylic acid groups (broad SMARTS) is 1. The third-order valence-electron chi connectivity index (χ3n) is 10.0. The average molecular weight is 687 g/mol. The number of unbranched alkanes of at least 4 members (excludes halogenated alkanes) is 1. The van der Waals surface area contributed by atoms with Gasteiger partial charge in [0.25, 0.3) is 0 Å². The van der Waals surface area contributed by atoms with Crippen molar-refractivity contribution < 1.29 is 41.8 Å². The van der Waals surface area contributed by atoms with E-state index in [1.54, 1.807) is 0 Å². The molecule has 6 nitrogen and oxygen atoms in total. The molecule has 2 rings (SSSR count). The highest BCUT2D eigenvalue weighted by Gasteiger charge is 2.45. The van der Waals surface area contributed by atoms with Gasteiger partial charge in [-0.3, -0.25) is 4.79 Å². The van der Waals surface area contributed by atoms with E-state index in [9.17, 15) is 23.1 Å². The molecule has 2 N–H and O–H groups in total. The molecule has 5 atom stereocenters. The second kappa shape index (κ2) is 19.2. The van der Waals surface area contributed by atoms with E-state index < -0.39 is 46.6 Å². The molecule has 0 bridgehead atoms. The van der Waals surface area contributed by atoms with Gasteiger partial charge in [-0.25, -0.2) is 0 Å². The summed E-state index contributed by atoms with van der Waals surface area (Å²) in [6.45, 7) is 13.0. The molecule has 46 heavy (non-hydrogen) atoms. The number of halogens is 3. The van der Waals surface area contributed by atoms with Crippen LogP contribution >= 0.6 is 0 Å². The van der Waals surface area contributed by atoms with Gasteiger partial charge >= 0.3 is 12.1 Å². The summed E-state index contributed by atoms with van der Waals surface area (Å²) in [6.07, 6.45) is 4.99. The van der Waals surface area contributed by atoms with Crippen molar-refractivity contribution in [2.45, 2.75) is 134 Å². The highest BCUT2D eigenvalue weighted by molar-refractivity contribution is 6.74. The molecule has 1 saturated carbocycles. The number of aliphatic hydroxyl groups is 1. The van der Waals surface area contributed by atoms with Gasteiger partial charge in [0.1, 0.15) is 12.4 Å². The van der Waals surface area contributed by atoms with Crippen molar-refractivity contribution in [1.82, 2.24) is 0 Å². The third-order valence-corrected chi connectivity index (χ3v) is 19.4. The molecule has 0 spiro atoms. The SMILES string of the molecule is CC[Si](CC)(CC)OC(/C=C/[C@@H]1[C@@H](C/C=C\CCCC(=O)O)[C@@H](O)C[C@H]1O[Si](CC)(CC)CC)COc1cccc(C(F)(F)F)c1. The Morgan fingerprint density at radius 2 is 1.63 bits per heavy atom. The molecule has 1 aromatic carbocycles. The van der Waals surface area contributed by atoms with Crippen LogP contribution in [0.4, 0.5) is 13.2 Å². The highest BCUT2D eigenvalue weighted by atomic mass is 28.4. The zero-order valence-electron chi connectivity index (χ0n) is 28.7. The Kier molecular flexibility index (Phi) is 16.8. The molecule has 0 radical (unpaired) electrons. The van der Waals surface area contributed by atoms with Crippen molar-refractivity contribution in [3.63, 3.8) is 0 Å². The van der Waals surface area contributed by atoms with E-state index in [1.807, 2.05) is 18.2 Å². The zero-order valence-corrected chi connectivity index (χ0v) is 30.7. The minimum absolute atomic E-state index is 0.0685. The Morgan fingerprint density at radius 1 is 1.00 bits per heavy atom. The molecule has 1 aliphatic rings. The molecule has 0 amide bonds. The van der Waals surface area contributed by atoms with Crippen LogP contribution in [0.2, 0.25) is 36.3 Å². The topological polar surface area (TPSA) is 85.2 Å². The summed E-state index contributed by atoms with van der Waals surface area (Å²) in [5, 5.41) is 20.2. The van der Waals surface area contributed by atoms with Gasteiger partial charge in [-0.1, -0.05) is 71.9 Å². The second-order valence-electron chi connectivity index (χ2n) is 12.6. The third kappa shape index (κ3) is 11.9. The van der Waals surface area contributed by atoms with E-state index >= 15 is 0 Å². The zero-order chi connectivity index (χ0) is 34.4. The summed E-state index contributed by atoms with van der Waals surface area (Å²) < 4.78 is 59.8. The summed E-state index contributed by atoms with van der Waals surface area (Å²) in [5.41, 5.74) is -0.758. The van der Waals surface area contributed by atoms with Gasteiger partial charge in [0.2, 0.25) is 0 Å². The molecule has 0 heterocycles. The van der Waals surface area contributed by atoms with Gasteiger partial charge in [0.15, 0.2) is 16.6 Å². The maximum Gasteiger partial charge on any atom is 0.416 e. The molecule has 1 unspecified atom stereocenters. The number of carbonyl (C=O) groups is 1. The Bertz CT molecular complexity index is 1090. The molecule has 11 heteroatoms. The second-order valence-corrected chi connectivity index (χ2v) is 22.0. The summed E-state index contributed by atoms with van der Waals surface area (Å²) in [6, 6.07) is 10.6. The minimum Gasteiger partial charge on any atom is -0.491 e. The standard InChI is InChI=1S/C35H57F3O6Si2/c1-7-45(8-2,9-3)43-29(26-42-28-19-17-18-27(24-28)35(36,37)38)22-23-31-30(20-15-13-14-16-21-34(40)41)32(39)25-33(31)44-46(10-4,11-5)12-6/h13,15,17-19,22-24,29-33,39H,7-12,14,16,20-21,25-26H2,1-6H3,(H,40,41)/b15-13-,23-22+/t29?,30-,31-,32+,33-/m1/s1. The van der Waals surface area contributed by atoms with Crippen LogP contribution in [-0.2, 0) is 19.8 Å². The first kappa shape index (κ1) is 40.2. The van der Waals surface area contributed by atoms with Crippen LogP contribution in [0, 0.1) is 11.8 Å². The number of rotatable bonds is 21. The molecule has 0 saturated heterocycles. The fourth-order valence-electron chi connectivity index (χ4n) is 6.52. The molecule has 1 aliphatic carbocycles. The van der Waals surface area contributed by atoms with Gasteiger partial charge in [-0.05, 0) is 86.1 Å². The van der Waals surface area contributed by atoms with Crippen molar-refractivity contribution in [3.8, 4) is 5.75 Å². The van der Waals surface area contributed by atoms with Crippen LogP contribution in [0.5, 0.6) is 5.75 Å². The lowest BCUT2D eigenvalue weighted by molar-refractivity contribution is -0.138. The monoisotopic (exact) mass is 686 g/mol. The number of ether oxygens (including phenoxy) is 1. The van der Waals surface area contributed by atoms with Crippen molar-refractivity contribution in [3.05, 3.63) is 54.1 Å². The Morgan fingerprint density at radius 3 is 2.20 bits per heavy atom. The number of aliphatic carboxylic acids is 1. The molecular weight excluding hydrogens is 630 g/mol. The van der Waals surface area contributed by atoms with Crippen LogP contribution in [0.15, 0.2) is 48.6 Å². The normalized spacial score (nSPS) is 21.8. The number of hydrogen-bond donors (Lipinski definition) is 2. The van der Waals surface area contributed by atoms with Gasteiger partial charge in [-0.2, -0.15) is 13.2 Å². The van der Waals surface area contributed by atoms with Crippen molar-refractivity contribution >= 4 is 22.6 Å². The van der Waals surface area contributed by atoms with Crippen molar-refractivity contribution in [2.24, 2.45) is 11.8 Å². The summed E-state index contributed by atoms with van der Waals surface area (Å²) >= 11 is 0. The fraction of sp³-hybridized carbons (Fsp3) is 0.686.